The molecule has 36 heavy (non-hydrogen) atoms. The molecule has 200 valence electrons. The number of likely N-dealkylation sites (tertiary alicyclic amines) is 1. The normalized spacial score (nSPS) is 22.8. The summed E-state index contributed by atoms with van der Waals surface area (Å²) in [5.74, 6) is 1.61. The van der Waals surface area contributed by atoms with Gasteiger partial charge in [-0.15, -0.1) is 11.3 Å². The molecule has 2 aliphatic rings. The first kappa shape index (κ1) is 27.2. The predicted molar refractivity (Wildman–Crippen MR) is 143 cm³/mol. The van der Waals surface area contributed by atoms with E-state index in [-0.39, 0.29) is 22.7 Å². The van der Waals surface area contributed by atoms with Crippen molar-refractivity contribution in [2.75, 3.05) is 39.3 Å². The maximum absolute atomic E-state index is 13.5. The second-order valence-electron chi connectivity index (χ2n) is 10.8. The molecule has 2 aliphatic heterocycles. The number of nitrogens with one attached hydrogen (secondary N) is 1. The third-order valence-electron chi connectivity index (χ3n) is 7.37. The fourth-order valence-corrected chi connectivity index (χ4v) is 8.74. The Hall–Kier alpha value is -1.82. The van der Waals surface area contributed by atoms with Crippen LogP contribution in [0.5, 0.6) is 0 Å². The summed E-state index contributed by atoms with van der Waals surface area (Å²) in [4.78, 5) is 33.7. The van der Waals surface area contributed by atoms with Crippen molar-refractivity contribution in [1.29, 1.82) is 0 Å². The van der Waals surface area contributed by atoms with Gasteiger partial charge in [-0.1, -0.05) is 20.8 Å². The number of hydrogen-bond donors (Lipinski definition) is 1. The average Bonchev–Trinajstić information content (AvgIpc) is 3.16. The van der Waals surface area contributed by atoms with Crippen LogP contribution < -0.4 is 10.9 Å². The fraction of sp³-hybridized carbons (Fsp3) is 0.720. The monoisotopic (exact) mass is 537 g/mol. The number of rotatable bonds is 8. The number of sulfonamides is 1. The molecule has 4 rings (SSSR count). The topological polar surface area (TPSA) is 105 Å². The lowest BCUT2D eigenvalue weighted by atomic mass is 9.92. The molecule has 0 aliphatic carbocycles. The second-order valence-corrected chi connectivity index (χ2v) is 13.9. The Morgan fingerprint density at radius 2 is 1.81 bits per heavy atom. The van der Waals surface area contributed by atoms with Gasteiger partial charge < -0.3 is 10.2 Å². The summed E-state index contributed by atoms with van der Waals surface area (Å²) in [7, 11) is -3.82. The molecule has 9 nitrogen and oxygen atoms in total. The van der Waals surface area contributed by atoms with Crippen LogP contribution in [0.1, 0.15) is 51.3 Å². The highest BCUT2D eigenvalue weighted by molar-refractivity contribution is 7.89. The molecular formula is C25H39N5O4S2. The molecule has 2 aromatic heterocycles. The van der Waals surface area contributed by atoms with Crippen LogP contribution in [-0.2, 0) is 21.4 Å². The summed E-state index contributed by atoms with van der Waals surface area (Å²) in [5, 5.41) is 2.99. The van der Waals surface area contributed by atoms with E-state index in [1.165, 1.54) is 33.0 Å². The van der Waals surface area contributed by atoms with Crippen molar-refractivity contribution < 1.29 is 13.2 Å². The lowest BCUT2D eigenvalue weighted by Crippen LogP contribution is -2.40. The van der Waals surface area contributed by atoms with Crippen molar-refractivity contribution >= 4 is 37.5 Å². The van der Waals surface area contributed by atoms with Crippen LogP contribution in [-0.4, -0.2) is 72.3 Å². The number of aromatic nitrogens is 2. The number of hydrogen-bond acceptors (Lipinski definition) is 7. The van der Waals surface area contributed by atoms with Crippen molar-refractivity contribution in [1.82, 2.24) is 24.1 Å². The minimum absolute atomic E-state index is 0.0503. The minimum atomic E-state index is -3.82. The first-order chi connectivity index (χ1) is 17.1. The van der Waals surface area contributed by atoms with E-state index in [0.717, 1.165) is 38.9 Å². The minimum Gasteiger partial charge on any atom is -0.354 e. The standard InChI is InChI=1S/C25H39N5O4S2/c1-17-6-10-30(11-7-17)36(33,34)23-20(4)35-24-22(23)25(32)29(16-27-24)15-21(31)26-8-5-9-28-13-18(2)12-19(3)14-28/h16-19H,5-15H2,1-4H3,(H,26,31)/t18-,19-/m0/s1. The van der Waals surface area contributed by atoms with Gasteiger partial charge in [0.1, 0.15) is 16.3 Å². The Bertz CT molecular complexity index is 1240. The van der Waals surface area contributed by atoms with E-state index in [0.29, 0.717) is 47.1 Å². The van der Waals surface area contributed by atoms with Crippen molar-refractivity contribution in [3.63, 3.8) is 0 Å². The Balaban J connectivity index is 1.43. The van der Waals surface area contributed by atoms with Gasteiger partial charge in [-0.2, -0.15) is 4.31 Å². The molecule has 0 radical (unpaired) electrons. The molecule has 1 amide bonds. The third-order valence-corrected chi connectivity index (χ3v) is 10.6. The number of nitrogens with zero attached hydrogens (tertiary/aromatic N) is 4. The van der Waals surface area contributed by atoms with E-state index in [9.17, 15) is 18.0 Å². The molecule has 2 fully saturated rings. The van der Waals surface area contributed by atoms with E-state index in [2.05, 4.69) is 36.0 Å². The van der Waals surface area contributed by atoms with E-state index in [1.54, 1.807) is 6.92 Å². The molecule has 1 N–H and O–H groups in total. The summed E-state index contributed by atoms with van der Waals surface area (Å²) in [5.41, 5.74) is -0.486. The van der Waals surface area contributed by atoms with Gasteiger partial charge in [0.05, 0.1) is 11.7 Å². The Kier molecular flexibility index (Phi) is 8.53. The van der Waals surface area contributed by atoms with E-state index < -0.39 is 15.6 Å². The van der Waals surface area contributed by atoms with Crippen LogP contribution >= 0.6 is 11.3 Å². The largest absolute Gasteiger partial charge is 0.354 e. The lowest BCUT2D eigenvalue weighted by Gasteiger charge is -2.34. The number of aryl methyl sites for hydroxylation is 1. The smallest absolute Gasteiger partial charge is 0.263 e. The Labute approximate surface area is 217 Å². The highest BCUT2D eigenvalue weighted by atomic mass is 32.2. The molecule has 4 heterocycles. The molecule has 2 saturated heterocycles. The van der Waals surface area contributed by atoms with Crippen molar-refractivity contribution in [2.24, 2.45) is 17.8 Å². The highest BCUT2D eigenvalue weighted by Gasteiger charge is 2.33. The van der Waals surface area contributed by atoms with Gasteiger partial charge in [-0.05, 0) is 56.9 Å². The fourth-order valence-electron chi connectivity index (χ4n) is 5.61. The van der Waals surface area contributed by atoms with Crippen LogP contribution in [0.4, 0.5) is 0 Å². The molecule has 0 saturated carbocycles. The van der Waals surface area contributed by atoms with Gasteiger partial charge in [0, 0.05) is 37.6 Å². The molecule has 2 atom stereocenters. The van der Waals surface area contributed by atoms with E-state index in [4.69, 9.17) is 0 Å². The first-order valence-electron chi connectivity index (χ1n) is 13.0. The number of carbonyl (C=O) groups excluding carboxylic acids is 1. The molecule has 0 aromatic carbocycles. The summed E-state index contributed by atoms with van der Waals surface area (Å²) < 4.78 is 29.7. The summed E-state index contributed by atoms with van der Waals surface area (Å²) in [6.45, 7) is 12.8. The van der Waals surface area contributed by atoms with Gasteiger partial charge in [-0.25, -0.2) is 13.4 Å². The van der Waals surface area contributed by atoms with Crippen molar-refractivity contribution in [2.45, 2.75) is 64.8 Å². The number of piperidine rings is 2. The summed E-state index contributed by atoms with van der Waals surface area (Å²) >= 11 is 1.21. The summed E-state index contributed by atoms with van der Waals surface area (Å²) in [6, 6.07) is 0. The Morgan fingerprint density at radius 3 is 2.47 bits per heavy atom. The molecular weight excluding hydrogens is 498 g/mol. The van der Waals surface area contributed by atoms with Crippen LogP contribution in [0.3, 0.4) is 0 Å². The quantitative estimate of drug-likeness (QED) is 0.519. The number of fused-ring (bicyclic) bond motifs is 1. The van der Waals surface area contributed by atoms with Gasteiger partial charge in [0.2, 0.25) is 15.9 Å². The maximum Gasteiger partial charge on any atom is 0.263 e. The molecule has 2 aromatic rings. The maximum atomic E-state index is 13.5. The Morgan fingerprint density at radius 1 is 1.14 bits per heavy atom. The number of thiophene rings is 1. The van der Waals surface area contributed by atoms with E-state index >= 15 is 0 Å². The molecule has 0 bridgehead atoms. The number of carbonyl (C=O) groups is 1. The van der Waals surface area contributed by atoms with Crippen LogP contribution in [0.2, 0.25) is 0 Å². The molecule has 11 heteroatoms. The van der Waals surface area contributed by atoms with Crippen LogP contribution in [0.15, 0.2) is 16.0 Å². The van der Waals surface area contributed by atoms with Crippen LogP contribution in [0.25, 0.3) is 10.2 Å². The van der Waals surface area contributed by atoms with Crippen molar-refractivity contribution in [3.8, 4) is 0 Å². The van der Waals surface area contributed by atoms with E-state index in [1.807, 2.05) is 0 Å². The highest BCUT2D eigenvalue weighted by Crippen LogP contribution is 2.34. The lowest BCUT2D eigenvalue weighted by molar-refractivity contribution is -0.121. The predicted octanol–water partition coefficient (Wildman–Crippen LogP) is 2.67. The van der Waals surface area contributed by atoms with Gasteiger partial charge in [0.25, 0.3) is 5.56 Å². The average molecular weight is 538 g/mol. The zero-order valence-corrected chi connectivity index (χ0v) is 23.5. The summed E-state index contributed by atoms with van der Waals surface area (Å²) in [6.07, 6.45) is 5.06. The molecule has 0 spiro atoms. The zero-order chi connectivity index (χ0) is 26.0. The molecule has 0 unspecified atom stereocenters. The third kappa shape index (κ3) is 6.00. The second kappa shape index (κ2) is 11.3. The SMILES string of the molecule is Cc1sc2ncn(CC(=O)NCCCN3C[C@@H](C)C[C@H](C)C3)c(=O)c2c1S(=O)(=O)N1CCC(C)CC1. The van der Waals surface area contributed by atoms with Gasteiger partial charge in [0.15, 0.2) is 0 Å². The number of amides is 1. The van der Waals surface area contributed by atoms with Gasteiger partial charge >= 0.3 is 0 Å². The van der Waals surface area contributed by atoms with Crippen molar-refractivity contribution in [3.05, 3.63) is 21.6 Å². The van der Waals surface area contributed by atoms with Gasteiger partial charge in [-0.3, -0.25) is 14.2 Å². The first-order valence-corrected chi connectivity index (χ1v) is 15.3. The zero-order valence-electron chi connectivity index (χ0n) is 21.8. The van der Waals surface area contributed by atoms with Crippen LogP contribution in [0, 0.1) is 24.7 Å².